The van der Waals surface area contributed by atoms with Crippen molar-refractivity contribution in [2.24, 2.45) is 0 Å². The molecule has 0 radical (unpaired) electrons. The Labute approximate surface area is 145 Å². The Morgan fingerprint density at radius 1 is 1.17 bits per heavy atom. The van der Waals surface area contributed by atoms with Crippen molar-refractivity contribution in [1.29, 1.82) is 0 Å². The SMILES string of the molecule is COc1ccc(Cl)cc1NC(=O)[C@H](C)Oc1ccc(Cl)c(C)c1. The van der Waals surface area contributed by atoms with Crippen LogP contribution >= 0.6 is 23.2 Å². The van der Waals surface area contributed by atoms with E-state index in [1.165, 1.54) is 7.11 Å². The van der Waals surface area contributed by atoms with E-state index in [2.05, 4.69) is 5.32 Å². The summed E-state index contributed by atoms with van der Waals surface area (Å²) in [7, 11) is 1.52. The van der Waals surface area contributed by atoms with Gasteiger partial charge >= 0.3 is 0 Å². The predicted octanol–water partition coefficient (Wildman–Crippen LogP) is 4.72. The van der Waals surface area contributed by atoms with Gasteiger partial charge in [0.05, 0.1) is 12.8 Å². The fourth-order valence-electron chi connectivity index (χ4n) is 1.96. The van der Waals surface area contributed by atoms with E-state index in [1.807, 2.05) is 6.92 Å². The number of anilines is 1. The highest BCUT2D eigenvalue weighted by atomic mass is 35.5. The van der Waals surface area contributed by atoms with E-state index in [0.717, 1.165) is 5.56 Å². The van der Waals surface area contributed by atoms with Gasteiger partial charge in [0, 0.05) is 10.0 Å². The third-order valence-electron chi connectivity index (χ3n) is 3.23. The zero-order valence-corrected chi connectivity index (χ0v) is 14.5. The first kappa shape index (κ1) is 17.4. The lowest BCUT2D eigenvalue weighted by Crippen LogP contribution is -2.30. The van der Waals surface area contributed by atoms with Gasteiger partial charge in [-0.1, -0.05) is 23.2 Å². The quantitative estimate of drug-likeness (QED) is 0.845. The summed E-state index contributed by atoms with van der Waals surface area (Å²) in [4.78, 5) is 12.3. The third kappa shape index (κ3) is 4.53. The van der Waals surface area contributed by atoms with E-state index in [-0.39, 0.29) is 5.91 Å². The van der Waals surface area contributed by atoms with E-state index < -0.39 is 6.10 Å². The van der Waals surface area contributed by atoms with Gasteiger partial charge in [0.1, 0.15) is 11.5 Å². The topological polar surface area (TPSA) is 47.6 Å². The van der Waals surface area contributed by atoms with Crippen molar-refractivity contribution in [1.82, 2.24) is 0 Å². The normalized spacial score (nSPS) is 11.7. The summed E-state index contributed by atoms with van der Waals surface area (Å²) in [5.41, 5.74) is 1.38. The summed E-state index contributed by atoms with van der Waals surface area (Å²) in [6.45, 7) is 3.53. The fraction of sp³-hybridized carbons (Fsp3) is 0.235. The number of benzene rings is 2. The molecule has 6 heteroatoms. The maximum atomic E-state index is 12.3. The molecule has 0 heterocycles. The molecule has 0 aromatic heterocycles. The molecule has 0 aliphatic carbocycles. The highest BCUT2D eigenvalue weighted by Gasteiger charge is 2.17. The summed E-state index contributed by atoms with van der Waals surface area (Å²) in [5.74, 6) is 0.795. The third-order valence-corrected chi connectivity index (χ3v) is 3.89. The Bertz CT molecular complexity index is 719. The fourth-order valence-corrected chi connectivity index (χ4v) is 2.25. The lowest BCUT2D eigenvalue weighted by atomic mass is 10.2. The zero-order chi connectivity index (χ0) is 17.0. The van der Waals surface area contributed by atoms with Crippen molar-refractivity contribution >= 4 is 34.8 Å². The molecule has 2 aromatic carbocycles. The molecule has 122 valence electrons. The number of hydrogen-bond donors (Lipinski definition) is 1. The molecular formula is C17H17Cl2NO3. The van der Waals surface area contributed by atoms with Crippen LogP contribution in [0.4, 0.5) is 5.69 Å². The molecule has 0 saturated carbocycles. The molecule has 1 amide bonds. The Morgan fingerprint density at radius 3 is 2.57 bits per heavy atom. The zero-order valence-electron chi connectivity index (χ0n) is 13.0. The smallest absolute Gasteiger partial charge is 0.265 e. The average molecular weight is 354 g/mol. The number of methoxy groups -OCH3 is 1. The van der Waals surface area contributed by atoms with Crippen LogP contribution in [0.25, 0.3) is 0 Å². The van der Waals surface area contributed by atoms with Gasteiger partial charge in [-0.15, -0.1) is 0 Å². The number of amides is 1. The summed E-state index contributed by atoms with van der Waals surface area (Å²) in [6, 6.07) is 10.2. The molecule has 0 bridgehead atoms. The highest BCUT2D eigenvalue weighted by molar-refractivity contribution is 6.31. The van der Waals surface area contributed by atoms with Crippen molar-refractivity contribution < 1.29 is 14.3 Å². The maximum Gasteiger partial charge on any atom is 0.265 e. The van der Waals surface area contributed by atoms with Crippen LogP contribution in [0.15, 0.2) is 36.4 Å². The number of nitrogens with one attached hydrogen (secondary N) is 1. The first-order chi connectivity index (χ1) is 10.9. The van der Waals surface area contributed by atoms with Gasteiger partial charge in [-0.25, -0.2) is 0 Å². The van der Waals surface area contributed by atoms with Gasteiger partial charge in [0.15, 0.2) is 6.10 Å². The summed E-state index contributed by atoms with van der Waals surface area (Å²) in [6.07, 6.45) is -0.695. The highest BCUT2D eigenvalue weighted by Crippen LogP contribution is 2.28. The van der Waals surface area contributed by atoms with Crippen LogP contribution in [0.1, 0.15) is 12.5 Å². The second-order valence-corrected chi connectivity index (χ2v) is 5.85. The van der Waals surface area contributed by atoms with Gasteiger partial charge < -0.3 is 14.8 Å². The number of ether oxygens (including phenoxy) is 2. The van der Waals surface area contributed by atoms with Crippen LogP contribution in [0.5, 0.6) is 11.5 Å². The molecule has 0 aliphatic rings. The molecular weight excluding hydrogens is 337 g/mol. The van der Waals surface area contributed by atoms with Crippen LogP contribution in [0.2, 0.25) is 10.0 Å². The van der Waals surface area contributed by atoms with E-state index in [9.17, 15) is 4.79 Å². The maximum absolute atomic E-state index is 12.3. The van der Waals surface area contributed by atoms with E-state index >= 15 is 0 Å². The van der Waals surface area contributed by atoms with Crippen LogP contribution in [0.3, 0.4) is 0 Å². The van der Waals surface area contributed by atoms with Crippen molar-refractivity contribution in [2.75, 3.05) is 12.4 Å². The van der Waals surface area contributed by atoms with Gasteiger partial charge in [-0.05, 0) is 55.8 Å². The molecule has 4 nitrogen and oxygen atoms in total. The first-order valence-corrected chi connectivity index (χ1v) is 7.73. The van der Waals surface area contributed by atoms with Crippen molar-refractivity contribution in [2.45, 2.75) is 20.0 Å². The molecule has 0 spiro atoms. The number of halogens is 2. The number of hydrogen-bond acceptors (Lipinski definition) is 3. The minimum Gasteiger partial charge on any atom is -0.495 e. The Kier molecular flexibility index (Phi) is 5.74. The van der Waals surface area contributed by atoms with Crippen LogP contribution in [-0.2, 0) is 4.79 Å². The van der Waals surface area contributed by atoms with E-state index in [4.69, 9.17) is 32.7 Å². The van der Waals surface area contributed by atoms with Gasteiger partial charge in [0.25, 0.3) is 5.91 Å². The monoisotopic (exact) mass is 353 g/mol. The van der Waals surface area contributed by atoms with E-state index in [1.54, 1.807) is 43.3 Å². The van der Waals surface area contributed by atoms with Crippen LogP contribution < -0.4 is 14.8 Å². The van der Waals surface area contributed by atoms with Crippen LogP contribution in [-0.4, -0.2) is 19.1 Å². The lowest BCUT2D eigenvalue weighted by Gasteiger charge is -2.16. The summed E-state index contributed by atoms with van der Waals surface area (Å²) >= 11 is 11.9. The van der Waals surface area contributed by atoms with Gasteiger partial charge in [0.2, 0.25) is 0 Å². The van der Waals surface area contributed by atoms with Crippen molar-refractivity contribution in [3.05, 3.63) is 52.0 Å². The summed E-state index contributed by atoms with van der Waals surface area (Å²) in [5, 5.41) is 3.90. The summed E-state index contributed by atoms with van der Waals surface area (Å²) < 4.78 is 10.8. The molecule has 1 atom stereocenters. The molecule has 23 heavy (non-hydrogen) atoms. The molecule has 0 fully saturated rings. The van der Waals surface area contributed by atoms with Gasteiger partial charge in [-0.3, -0.25) is 4.79 Å². The number of carbonyl (C=O) groups is 1. The Morgan fingerprint density at radius 2 is 1.91 bits per heavy atom. The van der Waals surface area contributed by atoms with Crippen molar-refractivity contribution in [3.63, 3.8) is 0 Å². The van der Waals surface area contributed by atoms with E-state index in [0.29, 0.717) is 27.2 Å². The number of carbonyl (C=O) groups excluding carboxylic acids is 1. The first-order valence-electron chi connectivity index (χ1n) is 6.98. The number of aryl methyl sites for hydroxylation is 1. The second-order valence-electron chi connectivity index (χ2n) is 5.00. The molecule has 0 unspecified atom stereocenters. The Hall–Kier alpha value is -1.91. The van der Waals surface area contributed by atoms with Gasteiger partial charge in [-0.2, -0.15) is 0 Å². The van der Waals surface area contributed by atoms with Crippen LogP contribution in [0, 0.1) is 6.92 Å². The van der Waals surface area contributed by atoms with Crippen molar-refractivity contribution in [3.8, 4) is 11.5 Å². The largest absolute Gasteiger partial charge is 0.495 e. The molecule has 1 N–H and O–H groups in total. The number of rotatable bonds is 5. The molecule has 2 rings (SSSR count). The lowest BCUT2D eigenvalue weighted by molar-refractivity contribution is -0.122. The minimum absolute atomic E-state index is 0.307. The average Bonchev–Trinajstić information content (AvgIpc) is 2.51. The second kappa shape index (κ2) is 7.57. The molecule has 0 saturated heterocycles. The Balaban J connectivity index is 2.08. The predicted molar refractivity (Wildman–Crippen MR) is 92.9 cm³/mol. The minimum atomic E-state index is -0.695. The standard InChI is InChI=1S/C17H17Cl2NO3/c1-10-8-13(5-6-14(10)19)23-11(2)17(21)20-15-9-12(18)4-7-16(15)22-3/h4-9,11H,1-3H3,(H,20,21)/t11-/m0/s1. The molecule has 2 aromatic rings. The molecule has 0 aliphatic heterocycles.